The van der Waals surface area contributed by atoms with Crippen molar-refractivity contribution in [3.8, 4) is 0 Å². The highest BCUT2D eigenvalue weighted by molar-refractivity contribution is 5.58. The maximum absolute atomic E-state index is 13.5. The van der Waals surface area contributed by atoms with Crippen LogP contribution in [0.1, 0.15) is 24.8 Å². The molecule has 4 rings (SSSR count). The lowest BCUT2D eigenvalue weighted by Gasteiger charge is -2.34. The SMILES string of the molecule is Fc1ccc2c(c1)N(CC1(CNC3CC3)CCOC1)CC2. The summed E-state index contributed by atoms with van der Waals surface area (Å²) in [6.07, 6.45) is 4.76. The first-order valence-corrected chi connectivity index (χ1v) is 8.09. The fourth-order valence-corrected chi connectivity index (χ4v) is 3.61. The summed E-state index contributed by atoms with van der Waals surface area (Å²) in [6.45, 7) is 4.69. The predicted octanol–water partition coefficient (Wildman–Crippen LogP) is 2.35. The summed E-state index contributed by atoms with van der Waals surface area (Å²) in [5.41, 5.74) is 2.56. The Kier molecular flexibility index (Phi) is 3.38. The van der Waals surface area contributed by atoms with Crippen molar-refractivity contribution >= 4 is 5.69 Å². The minimum atomic E-state index is -0.131. The van der Waals surface area contributed by atoms with Crippen molar-refractivity contribution in [3.05, 3.63) is 29.6 Å². The lowest BCUT2D eigenvalue weighted by molar-refractivity contribution is 0.152. The fraction of sp³-hybridized carbons (Fsp3) is 0.647. The van der Waals surface area contributed by atoms with Crippen LogP contribution in [0.3, 0.4) is 0 Å². The Morgan fingerprint density at radius 3 is 3.05 bits per heavy atom. The molecule has 1 N–H and O–H groups in total. The number of anilines is 1. The Morgan fingerprint density at radius 1 is 1.38 bits per heavy atom. The molecule has 21 heavy (non-hydrogen) atoms. The van der Waals surface area contributed by atoms with Crippen LogP contribution < -0.4 is 10.2 Å². The normalized spacial score (nSPS) is 28.1. The second kappa shape index (κ2) is 5.25. The first kappa shape index (κ1) is 13.5. The van der Waals surface area contributed by atoms with Gasteiger partial charge in [-0.2, -0.15) is 0 Å². The smallest absolute Gasteiger partial charge is 0.125 e. The number of ether oxygens (including phenoxy) is 1. The van der Waals surface area contributed by atoms with Gasteiger partial charge in [-0.3, -0.25) is 0 Å². The summed E-state index contributed by atoms with van der Waals surface area (Å²) in [6, 6.07) is 5.93. The zero-order chi connectivity index (χ0) is 14.3. The molecule has 2 aliphatic heterocycles. The number of fused-ring (bicyclic) bond motifs is 1. The summed E-state index contributed by atoms with van der Waals surface area (Å²) >= 11 is 0. The third-order valence-corrected chi connectivity index (χ3v) is 5.09. The number of nitrogens with zero attached hydrogens (tertiary/aromatic N) is 1. The van der Waals surface area contributed by atoms with E-state index in [2.05, 4.69) is 10.2 Å². The molecule has 0 spiro atoms. The minimum Gasteiger partial charge on any atom is -0.381 e. The quantitative estimate of drug-likeness (QED) is 0.901. The highest BCUT2D eigenvalue weighted by Crippen LogP contribution is 2.36. The molecule has 3 nitrogen and oxygen atoms in total. The molecule has 2 heterocycles. The molecule has 1 saturated carbocycles. The summed E-state index contributed by atoms with van der Waals surface area (Å²) in [5, 5.41) is 3.67. The topological polar surface area (TPSA) is 24.5 Å². The Morgan fingerprint density at radius 2 is 2.29 bits per heavy atom. The van der Waals surface area contributed by atoms with Crippen LogP contribution >= 0.6 is 0 Å². The van der Waals surface area contributed by atoms with E-state index in [1.54, 1.807) is 12.1 Å². The van der Waals surface area contributed by atoms with Gasteiger partial charge >= 0.3 is 0 Å². The number of hydrogen-bond donors (Lipinski definition) is 1. The van der Waals surface area contributed by atoms with Crippen LogP contribution in [-0.2, 0) is 11.2 Å². The average Bonchev–Trinajstić information content (AvgIpc) is 3.08. The van der Waals surface area contributed by atoms with Crippen LogP contribution in [0, 0.1) is 11.2 Å². The van der Waals surface area contributed by atoms with Crippen LogP contribution in [0.5, 0.6) is 0 Å². The third-order valence-electron chi connectivity index (χ3n) is 5.09. The first-order valence-electron chi connectivity index (χ1n) is 8.09. The van der Waals surface area contributed by atoms with E-state index in [0.717, 1.165) is 57.4 Å². The zero-order valence-electron chi connectivity index (χ0n) is 12.4. The van der Waals surface area contributed by atoms with Crippen molar-refractivity contribution in [2.45, 2.75) is 31.7 Å². The van der Waals surface area contributed by atoms with Gasteiger partial charge in [0.15, 0.2) is 0 Å². The van der Waals surface area contributed by atoms with E-state index in [4.69, 9.17) is 4.74 Å². The van der Waals surface area contributed by atoms with Gasteiger partial charge in [0.25, 0.3) is 0 Å². The van der Waals surface area contributed by atoms with Gasteiger partial charge in [-0.1, -0.05) is 6.07 Å². The van der Waals surface area contributed by atoms with Crippen molar-refractivity contribution in [2.24, 2.45) is 5.41 Å². The molecule has 2 fully saturated rings. The molecule has 1 atom stereocenters. The van der Waals surface area contributed by atoms with E-state index in [1.165, 1.54) is 18.4 Å². The van der Waals surface area contributed by atoms with Crippen molar-refractivity contribution in [3.63, 3.8) is 0 Å². The summed E-state index contributed by atoms with van der Waals surface area (Å²) < 4.78 is 19.2. The molecule has 3 aliphatic rings. The van der Waals surface area contributed by atoms with Crippen LogP contribution in [0.25, 0.3) is 0 Å². The first-order chi connectivity index (χ1) is 10.2. The molecule has 0 radical (unpaired) electrons. The van der Waals surface area contributed by atoms with E-state index in [-0.39, 0.29) is 11.2 Å². The molecule has 1 aromatic carbocycles. The second-order valence-corrected chi connectivity index (χ2v) is 6.90. The molecule has 1 saturated heterocycles. The second-order valence-electron chi connectivity index (χ2n) is 6.90. The van der Waals surface area contributed by atoms with Gasteiger partial charge in [0.2, 0.25) is 0 Å². The van der Waals surface area contributed by atoms with Crippen LogP contribution in [-0.4, -0.2) is 38.9 Å². The van der Waals surface area contributed by atoms with Gasteiger partial charge in [0.1, 0.15) is 5.82 Å². The van der Waals surface area contributed by atoms with Gasteiger partial charge in [0.05, 0.1) is 6.61 Å². The predicted molar refractivity (Wildman–Crippen MR) is 81.2 cm³/mol. The van der Waals surface area contributed by atoms with Crippen molar-refractivity contribution in [1.29, 1.82) is 0 Å². The summed E-state index contributed by atoms with van der Waals surface area (Å²) in [4.78, 5) is 2.36. The maximum Gasteiger partial charge on any atom is 0.125 e. The van der Waals surface area contributed by atoms with Crippen LogP contribution in [0.15, 0.2) is 18.2 Å². The standard InChI is InChI=1S/C17H23FN2O/c18-14-2-1-13-5-7-20(16(13)9-14)11-17(6-8-21-12-17)10-19-15-3-4-15/h1-2,9,15,19H,3-8,10-12H2. The van der Waals surface area contributed by atoms with E-state index in [0.29, 0.717) is 0 Å². The van der Waals surface area contributed by atoms with Crippen LogP contribution in [0.4, 0.5) is 10.1 Å². The maximum atomic E-state index is 13.5. The highest BCUT2D eigenvalue weighted by atomic mass is 19.1. The fourth-order valence-electron chi connectivity index (χ4n) is 3.61. The average molecular weight is 290 g/mol. The largest absolute Gasteiger partial charge is 0.381 e. The Hall–Kier alpha value is -1.13. The van der Waals surface area contributed by atoms with Crippen molar-refractivity contribution < 1.29 is 9.13 Å². The van der Waals surface area contributed by atoms with E-state index >= 15 is 0 Å². The van der Waals surface area contributed by atoms with Gasteiger partial charge in [-0.05, 0) is 43.4 Å². The molecule has 0 aromatic heterocycles. The Bertz CT molecular complexity index is 524. The zero-order valence-corrected chi connectivity index (χ0v) is 12.4. The Balaban J connectivity index is 1.50. The minimum absolute atomic E-state index is 0.131. The number of rotatable bonds is 5. The molecule has 1 unspecified atom stereocenters. The van der Waals surface area contributed by atoms with E-state index in [9.17, 15) is 4.39 Å². The van der Waals surface area contributed by atoms with Gasteiger partial charge in [0, 0.05) is 43.4 Å². The van der Waals surface area contributed by atoms with Crippen LogP contribution in [0.2, 0.25) is 0 Å². The monoisotopic (exact) mass is 290 g/mol. The highest BCUT2D eigenvalue weighted by Gasteiger charge is 2.39. The van der Waals surface area contributed by atoms with Crippen molar-refractivity contribution in [1.82, 2.24) is 5.32 Å². The molecular weight excluding hydrogens is 267 g/mol. The van der Waals surface area contributed by atoms with Gasteiger partial charge in [-0.15, -0.1) is 0 Å². The van der Waals surface area contributed by atoms with Gasteiger partial charge < -0.3 is 15.0 Å². The molecule has 114 valence electrons. The number of benzene rings is 1. The van der Waals surface area contributed by atoms with E-state index < -0.39 is 0 Å². The number of hydrogen-bond acceptors (Lipinski definition) is 3. The lowest BCUT2D eigenvalue weighted by atomic mass is 9.86. The third kappa shape index (κ3) is 2.79. The Labute approximate surface area is 125 Å². The molecule has 0 amide bonds. The lowest BCUT2D eigenvalue weighted by Crippen LogP contribution is -2.45. The molecule has 0 bridgehead atoms. The summed E-state index contributed by atoms with van der Waals surface area (Å²) in [5.74, 6) is -0.131. The molecule has 1 aromatic rings. The number of nitrogens with one attached hydrogen (secondary N) is 1. The molecule has 4 heteroatoms. The van der Waals surface area contributed by atoms with E-state index in [1.807, 2.05) is 6.07 Å². The summed E-state index contributed by atoms with van der Waals surface area (Å²) in [7, 11) is 0. The molecule has 1 aliphatic carbocycles. The number of halogens is 1. The molecular formula is C17H23FN2O. The van der Waals surface area contributed by atoms with Gasteiger partial charge in [-0.25, -0.2) is 4.39 Å². The van der Waals surface area contributed by atoms with Crippen molar-refractivity contribution in [2.75, 3.05) is 37.7 Å².